The molecule has 2 aromatic heterocycles. The number of ether oxygens (including phenoxy) is 1. The highest BCUT2D eigenvalue weighted by atomic mass is 16.5. The van der Waals surface area contributed by atoms with Crippen molar-refractivity contribution in [2.75, 3.05) is 6.61 Å². The van der Waals surface area contributed by atoms with Crippen molar-refractivity contribution in [2.24, 2.45) is 5.92 Å². The van der Waals surface area contributed by atoms with E-state index >= 15 is 0 Å². The fraction of sp³-hybridized carbons (Fsp3) is 0.577. The van der Waals surface area contributed by atoms with E-state index in [4.69, 9.17) is 4.74 Å². The number of hydrogen-bond acceptors (Lipinski definition) is 7. The van der Waals surface area contributed by atoms with Gasteiger partial charge in [-0.15, -0.1) is 5.10 Å². The van der Waals surface area contributed by atoms with Crippen molar-refractivity contribution < 1.29 is 9.53 Å². The van der Waals surface area contributed by atoms with Gasteiger partial charge in [0, 0.05) is 23.7 Å². The zero-order chi connectivity index (χ0) is 25.1. The molecule has 1 saturated carbocycles. The van der Waals surface area contributed by atoms with Crippen LogP contribution < -0.4 is 5.56 Å². The molecule has 9 heteroatoms. The van der Waals surface area contributed by atoms with Crippen molar-refractivity contribution in [3.05, 3.63) is 51.1 Å². The molecule has 0 bridgehead atoms. The lowest BCUT2D eigenvalue weighted by atomic mass is 9.97. The maximum atomic E-state index is 13.2. The Kier molecular flexibility index (Phi) is 7.64. The number of carbonyl (C=O) groups is 1. The van der Waals surface area contributed by atoms with E-state index < -0.39 is 0 Å². The second-order valence-corrected chi connectivity index (χ2v) is 9.95. The van der Waals surface area contributed by atoms with Crippen molar-refractivity contribution in [1.82, 2.24) is 30.1 Å². The fourth-order valence-corrected chi connectivity index (χ4v) is 5.22. The maximum Gasteiger partial charge on any atom is 0.327 e. The van der Waals surface area contributed by atoms with Gasteiger partial charge in [0.05, 0.1) is 12.6 Å². The predicted octanol–water partition coefficient (Wildman–Crippen LogP) is 3.84. The van der Waals surface area contributed by atoms with E-state index in [-0.39, 0.29) is 30.0 Å². The Morgan fingerprint density at radius 3 is 2.60 bits per heavy atom. The molecule has 1 N–H and O–H groups in total. The summed E-state index contributed by atoms with van der Waals surface area (Å²) in [5, 5.41) is 13.4. The summed E-state index contributed by atoms with van der Waals surface area (Å²) < 4.78 is 6.67. The number of H-pyrrole nitrogens is 1. The lowest BCUT2D eigenvalue weighted by Gasteiger charge is -2.37. The molecule has 4 rings (SSSR count). The van der Waals surface area contributed by atoms with Crippen molar-refractivity contribution in [3.8, 4) is 0 Å². The third-order valence-electron chi connectivity index (χ3n) is 7.08. The first-order valence-corrected chi connectivity index (χ1v) is 12.6. The zero-order valence-electron chi connectivity index (χ0n) is 21.4. The Balaban J connectivity index is 1.73. The smallest absolute Gasteiger partial charge is 0.327 e. The second kappa shape index (κ2) is 10.7. The maximum absolute atomic E-state index is 13.2. The van der Waals surface area contributed by atoms with E-state index in [1.807, 2.05) is 12.1 Å². The zero-order valence-corrected chi connectivity index (χ0v) is 21.4. The van der Waals surface area contributed by atoms with E-state index in [1.54, 1.807) is 11.6 Å². The molecule has 0 unspecified atom stereocenters. The van der Waals surface area contributed by atoms with E-state index in [9.17, 15) is 9.59 Å². The average Bonchev–Trinajstić information content (AvgIpc) is 3.48. The van der Waals surface area contributed by atoms with Gasteiger partial charge in [-0.25, -0.2) is 4.68 Å². The quantitative estimate of drug-likeness (QED) is 0.464. The number of nitrogens with zero attached hydrogens (tertiary/aromatic N) is 5. The number of hydrogen-bond donors (Lipinski definition) is 1. The van der Waals surface area contributed by atoms with E-state index in [0.717, 1.165) is 47.7 Å². The van der Waals surface area contributed by atoms with Crippen LogP contribution in [0.5, 0.6) is 0 Å². The molecular formula is C26H36N6O3. The van der Waals surface area contributed by atoms with Crippen LogP contribution in [0.15, 0.2) is 23.0 Å². The molecule has 1 aromatic carbocycles. The summed E-state index contributed by atoms with van der Waals surface area (Å²) in [7, 11) is 0. The molecule has 9 nitrogen and oxygen atoms in total. The standard InChI is InChI=1S/C26H36N6O3/c1-6-35-23(33)15-32-25(28-29-30-32)24(16(2)3)31(21-9-7-8-10-21)14-20-13-19-11-17(4)18(5)12-22(19)27-26(20)34/h11-13,16,21,24H,6-10,14-15H2,1-5H3,(H,27,34)/t24-/m0/s1. The van der Waals surface area contributed by atoms with Crippen LogP contribution in [0.4, 0.5) is 0 Å². The number of fused-ring (bicyclic) bond motifs is 1. The van der Waals surface area contributed by atoms with Gasteiger partial charge in [-0.3, -0.25) is 14.5 Å². The molecule has 1 aliphatic carbocycles. The van der Waals surface area contributed by atoms with Crippen LogP contribution in [-0.2, 0) is 22.6 Å². The monoisotopic (exact) mass is 480 g/mol. The van der Waals surface area contributed by atoms with Crippen LogP contribution in [0.25, 0.3) is 10.9 Å². The fourth-order valence-electron chi connectivity index (χ4n) is 5.22. The van der Waals surface area contributed by atoms with E-state index in [1.165, 1.54) is 5.56 Å². The Labute approximate surface area is 205 Å². The van der Waals surface area contributed by atoms with Gasteiger partial charge < -0.3 is 9.72 Å². The Morgan fingerprint density at radius 1 is 1.20 bits per heavy atom. The third-order valence-corrected chi connectivity index (χ3v) is 7.08. The van der Waals surface area contributed by atoms with Gasteiger partial charge in [-0.05, 0) is 84.7 Å². The van der Waals surface area contributed by atoms with Gasteiger partial charge in [0.2, 0.25) is 0 Å². The highest BCUT2D eigenvalue weighted by Gasteiger charge is 2.35. The minimum atomic E-state index is -0.368. The molecule has 1 atom stereocenters. The Bertz CT molecular complexity index is 1240. The van der Waals surface area contributed by atoms with Crippen molar-refractivity contribution in [1.29, 1.82) is 0 Å². The largest absolute Gasteiger partial charge is 0.465 e. The first kappa shape index (κ1) is 25.0. The number of aromatic nitrogens is 5. The molecule has 0 radical (unpaired) electrons. The number of esters is 1. The highest BCUT2D eigenvalue weighted by Crippen LogP contribution is 2.36. The number of rotatable bonds is 9. The molecule has 0 saturated heterocycles. The average molecular weight is 481 g/mol. The van der Waals surface area contributed by atoms with Gasteiger partial charge >= 0.3 is 5.97 Å². The lowest BCUT2D eigenvalue weighted by Crippen LogP contribution is -2.41. The summed E-state index contributed by atoms with van der Waals surface area (Å²) in [5.74, 6) is 0.420. The number of carbonyl (C=O) groups excluding carboxylic acids is 1. The molecule has 1 aliphatic rings. The van der Waals surface area contributed by atoms with Gasteiger partial charge in [0.25, 0.3) is 5.56 Å². The second-order valence-electron chi connectivity index (χ2n) is 9.95. The topological polar surface area (TPSA) is 106 Å². The molecule has 188 valence electrons. The van der Waals surface area contributed by atoms with Crippen LogP contribution in [-0.4, -0.2) is 48.7 Å². The Hall–Kier alpha value is -3.07. The minimum absolute atomic E-state index is 0.0346. The SMILES string of the molecule is CCOC(=O)Cn1nnnc1[C@H](C(C)C)N(Cc1cc2cc(C)c(C)cc2[nH]c1=O)C1CCCC1. The van der Waals surface area contributed by atoms with Gasteiger partial charge in [-0.2, -0.15) is 0 Å². The van der Waals surface area contributed by atoms with Crippen LogP contribution in [0.3, 0.4) is 0 Å². The van der Waals surface area contributed by atoms with E-state index in [0.29, 0.717) is 25.0 Å². The summed E-state index contributed by atoms with van der Waals surface area (Å²) in [6.07, 6.45) is 4.44. The first-order valence-electron chi connectivity index (χ1n) is 12.6. The molecule has 0 spiro atoms. The normalized spacial score (nSPS) is 15.4. The van der Waals surface area contributed by atoms with Crippen LogP contribution in [0.1, 0.15) is 75.0 Å². The van der Waals surface area contributed by atoms with Crippen molar-refractivity contribution >= 4 is 16.9 Å². The molecular weight excluding hydrogens is 444 g/mol. The number of aromatic amines is 1. The van der Waals surface area contributed by atoms with Gasteiger partial charge in [0.15, 0.2) is 5.82 Å². The summed E-state index contributed by atoms with van der Waals surface area (Å²) in [6.45, 7) is 10.9. The molecule has 1 fully saturated rings. The Morgan fingerprint density at radius 2 is 1.91 bits per heavy atom. The first-order chi connectivity index (χ1) is 16.8. The molecule has 0 aliphatic heterocycles. The third kappa shape index (κ3) is 5.45. The number of benzene rings is 1. The molecule has 3 aromatic rings. The number of nitrogens with one attached hydrogen (secondary N) is 1. The van der Waals surface area contributed by atoms with Gasteiger partial charge in [-0.1, -0.05) is 26.7 Å². The lowest BCUT2D eigenvalue weighted by molar-refractivity contribution is -0.144. The molecule has 2 heterocycles. The van der Waals surface area contributed by atoms with Crippen molar-refractivity contribution in [3.63, 3.8) is 0 Å². The predicted molar refractivity (Wildman–Crippen MR) is 134 cm³/mol. The summed E-state index contributed by atoms with van der Waals surface area (Å²) >= 11 is 0. The van der Waals surface area contributed by atoms with E-state index in [2.05, 4.69) is 59.2 Å². The number of tetrazole rings is 1. The number of pyridine rings is 1. The summed E-state index contributed by atoms with van der Waals surface area (Å²) in [4.78, 5) is 30.8. The van der Waals surface area contributed by atoms with Crippen LogP contribution >= 0.6 is 0 Å². The van der Waals surface area contributed by atoms with Crippen LogP contribution in [0, 0.1) is 19.8 Å². The van der Waals surface area contributed by atoms with Gasteiger partial charge in [0.1, 0.15) is 6.54 Å². The van der Waals surface area contributed by atoms with Crippen LogP contribution in [0.2, 0.25) is 0 Å². The minimum Gasteiger partial charge on any atom is -0.465 e. The number of aryl methyl sites for hydroxylation is 2. The highest BCUT2D eigenvalue weighted by molar-refractivity contribution is 5.80. The summed E-state index contributed by atoms with van der Waals surface area (Å²) in [5.41, 5.74) is 3.86. The molecule has 35 heavy (non-hydrogen) atoms. The van der Waals surface area contributed by atoms with Crippen molar-refractivity contribution in [2.45, 2.75) is 85.5 Å². The summed E-state index contributed by atoms with van der Waals surface area (Å²) in [6, 6.07) is 6.33. The molecule has 0 amide bonds.